The number of rotatable bonds is 4. The Hall–Kier alpha value is -2.09. The quantitative estimate of drug-likeness (QED) is 0.845. The lowest BCUT2D eigenvalue weighted by atomic mass is 9.91. The minimum atomic E-state index is -3.26. The van der Waals surface area contributed by atoms with Gasteiger partial charge in [-0.3, -0.25) is 4.79 Å². The Balaban J connectivity index is 2.03. The predicted octanol–water partition coefficient (Wildman–Crippen LogP) is 1.90. The van der Waals surface area contributed by atoms with Crippen LogP contribution in [0, 0.1) is 11.8 Å². The van der Waals surface area contributed by atoms with Crippen molar-refractivity contribution in [3.63, 3.8) is 0 Å². The molecule has 0 saturated carbocycles. The molecular weight excluding hydrogens is 344 g/mol. The molecule has 1 fully saturated rings. The maximum absolute atomic E-state index is 12.4. The van der Waals surface area contributed by atoms with E-state index < -0.39 is 21.7 Å². The Bertz CT molecular complexity index is 745. The molecule has 8 heteroatoms. The van der Waals surface area contributed by atoms with Gasteiger partial charge >= 0.3 is 12.0 Å². The summed E-state index contributed by atoms with van der Waals surface area (Å²) in [6.07, 6.45) is 1.71. The predicted molar refractivity (Wildman–Crippen MR) is 93.0 cm³/mol. The number of amides is 2. The molecular formula is C17H24N2O5S. The fourth-order valence-corrected chi connectivity index (χ4v) is 3.69. The van der Waals surface area contributed by atoms with E-state index in [-0.39, 0.29) is 29.4 Å². The number of likely N-dealkylation sites (tertiary alicyclic amines) is 1. The van der Waals surface area contributed by atoms with Gasteiger partial charge in [-0.25, -0.2) is 13.2 Å². The molecule has 0 radical (unpaired) electrons. The highest BCUT2D eigenvalue weighted by Crippen LogP contribution is 2.23. The van der Waals surface area contributed by atoms with Crippen molar-refractivity contribution in [1.29, 1.82) is 0 Å². The van der Waals surface area contributed by atoms with E-state index in [1.807, 2.05) is 6.92 Å². The lowest BCUT2D eigenvalue weighted by molar-refractivity contribution is -0.143. The normalized spacial score (nSPS) is 22.3. The number of carbonyl (C=O) groups excluding carboxylic acids is 1. The highest BCUT2D eigenvalue weighted by atomic mass is 32.2. The van der Waals surface area contributed by atoms with Crippen molar-refractivity contribution in [3.05, 3.63) is 29.8 Å². The first kappa shape index (κ1) is 19.2. The first-order valence-corrected chi connectivity index (χ1v) is 10.1. The van der Waals surface area contributed by atoms with Gasteiger partial charge in [0.2, 0.25) is 0 Å². The molecule has 3 atom stereocenters. The summed E-state index contributed by atoms with van der Waals surface area (Å²) in [5.41, 5.74) is 0.778. The second-order valence-corrected chi connectivity index (χ2v) is 8.81. The summed E-state index contributed by atoms with van der Waals surface area (Å²) in [6.45, 7) is 4.46. The van der Waals surface area contributed by atoms with Crippen LogP contribution in [-0.4, -0.2) is 49.8 Å². The van der Waals surface area contributed by atoms with E-state index in [1.165, 1.54) is 17.0 Å². The molecule has 0 bridgehead atoms. The number of carboxylic acids is 1. The molecule has 138 valence electrons. The Kier molecular flexibility index (Phi) is 5.72. The molecule has 0 aromatic heterocycles. The zero-order chi connectivity index (χ0) is 18.8. The van der Waals surface area contributed by atoms with Gasteiger partial charge in [0.25, 0.3) is 0 Å². The number of benzene rings is 1. The SMILES string of the molecule is CC1CC(C(=O)O)CN(C(=O)NC(C)c2ccc(S(C)(=O)=O)cc2)C1. The van der Waals surface area contributed by atoms with Crippen LogP contribution >= 0.6 is 0 Å². The van der Waals surface area contributed by atoms with E-state index in [1.54, 1.807) is 19.1 Å². The summed E-state index contributed by atoms with van der Waals surface area (Å²) in [4.78, 5) is 25.4. The number of nitrogens with zero attached hydrogens (tertiary/aromatic N) is 1. The topological polar surface area (TPSA) is 104 Å². The van der Waals surface area contributed by atoms with Crippen LogP contribution in [-0.2, 0) is 14.6 Å². The second-order valence-electron chi connectivity index (χ2n) is 6.79. The van der Waals surface area contributed by atoms with Crippen molar-refractivity contribution < 1.29 is 23.1 Å². The summed E-state index contributed by atoms with van der Waals surface area (Å²) in [5.74, 6) is -1.29. The molecule has 1 aliphatic heterocycles. The minimum Gasteiger partial charge on any atom is -0.481 e. The average Bonchev–Trinajstić information content (AvgIpc) is 2.53. The van der Waals surface area contributed by atoms with Gasteiger partial charge in [-0.15, -0.1) is 0 Å². The third kappa shape index (κ3) is 4.94. The number of carbonyl (C=O) groups is 2. The van der Waals surface area contributed by atoms with Gasteiger partial charge < -0.3 is 15.3 Å². The van der Waals surface area contributed by atoms with Gasteiger partial charge in [0.1, 0.15) is 0 Å². The molecule has 2 amide bonds. The first-order chi connectivity index (χ1) is 11.6. The smallest absolute Gasteiger partial charge is 0.317 e. The van der Waals surface area contributed by atoms with E-state index in [9.17, 15) is 23.1 Å². The molecule has 1 aromatic carbocycles. The molecule has 2 rings (SSSR count). The van der Waals surface area contributed by atoms with Gasteiger partial charge in [0.05, 0.1) is 16.9 Å². The van der Waals surface area contributed by atoms with E-state index in [4.69, 9.17) is 0 Å². The Morgan fingerprint density at radius 1 is 1.24 bits per heavy atom. The standard InChI is InChI=1S/C17H24N2O5S/c1-11-8-14(16(20)21)10-19(9-11)17(22)18-12(2)13-4-6-15(7-5-13)25(3,23)24/h4-7,11-12,14H,8-10H2,1-3H3,(H,18,22)(H,20,21). The van der Waals surface area contributed by atoms with E-state index >= 15 is 0 Å². The Labute approximate surface area is 147 Å². The summed E-state index contributed by atoms with van der Waals surface area (Å²) in [6, 6.07) is 5.73. The van der Waals surface area contributed by atoms with Crippen LogP contribution in [0.3, 0.4) is 0 Å². The molecule has 0 aliphatic carbocycles. The van der Waals surface area contributed by atoms with Crippen molar-refractivity contribution in [2.75, 3.05) is 19.3 Å². The lowest BCUT2D eigenvalue weighted by Crippen LogP contribution is -2.49. The molecule has 1 aliphatic rings. The van der Waals surface area contributed by atoms with Crippen molar-refractivity contribution in [2.24, 2.45) is 11.8 Å². The molecule has 1 aromatic rings. The Morgan fingerprint density at radius 2 is 1.84 bits per heavy atom. The number of piperidine rings is 1. The molecule has 3 unspecified atom stereocenters. The molecule has 1 heterocycles. The maximum atomic E-state index is 12.4. The van der Waals surface area contributed by atoms with Gasteiger partial charge in [-0.2, -0.15) is 0 Å². The number of urea groups is 1. The lowest BCUT2D eigenvalue weighted by Gasteiger charge is -2.35. The van der Waals surface area contributed by atoms with Crippen LogP contribution < -0.4 is 5.32 Å². The first-order valence-electron chi connectivity index (χ1n) is 8.16. The van der Waals surface area contributed by atoms with Gasteiger partial charge in [-0.1, -0.05) is 19.1 Å². The number of hydrogen-bond acceptors (Lipinski definition) is 4. The van der Waals surface area contributed by atoms with Crippen LogP contribution in [0.25, 0.3) is 0 Å². The molecule has 1 saturated heterocycles. The summed E-state index contributed by atoms with van der Waals surface area (Å²) < 4.78 is 23.0. The highest BCUT2D eigenvalue weighted by molar-refractivity contribution is 7.90. The maximum Gasteiger partial charge on any atom is 0.317 e. The van der Waals surface area contributed by atoms with Crippen molar-refractivity contribution in [3.8, 4) is 0 Å². The van der Waals surface area contributed by atoms with Crippen LogP contribution in [0.5, 0.6) is 0 Å². The third-order valence-electron chi connectivity index (χ3n) is 4.44. The zero-order valence-corrected chi connectivity index (χ0v) is 15.4. The number of hydrogen-bond donors (Lipinski definition) is 2. The second kappa shape index (κ2) is 7.43. The number of sulfone groups is 1. The van der Waals surface area contributed by atoms with Crippen molar-refractivity contribution in [1.82, 2.24) is 10.2 Å². The monoisotopic (exact) mass is 368 g/mol. The summed E-state index contributed by atoms with van der Waals surface area (Å²) >= 11 is 0. The van der Waals surface area contributed by atoms with E-state index in [0.717, 1.165) is 11.8 Å². The zero-order valence-electron chi connectivity index (χ0n) is 14.6. The minimum absolute atomic E-state index is 0.130. The highest BCUT2D eigenvalue weighted by Gasteiger charge is 2.32. The molecule has 25 heavy (non-hydrogen) atoms. The number of carboxylic acid groups (broad SMARTS) is 1. The molecule has 7 nitrogen and oxygen atoms in total. The third-order valence-corrected chi connectivity index (χ3v) is 5.57. The summed E-state index contributed by atoms with van der Waals surface area (Å²) in [7, 11) is -3.26. The van der Waals surface area contributed by atoms with Crippen LogP contribution in [0.4, 0.5) is 4.79 Å². The van der Waals surface area contributed by atoms with E-state index in [2.05, 4.69) is 5.32 Å². The van der Waals surface area contributed by atoms with Gasteiger partial charge in [0, 0.05) is 19.3 Å². The van der Waals surface area contributed by atoms with Crippen LogP contribution in [0.2, 0.25) is 0 Å². The van der Waals surface area contributed by atoms with Crippen molar-refractivity contribution >= 4 is 21.8 Å². The van der Waals surface area contributed by atoms with Crippen LogP contribution in [0.1, 0.15) is 31.9 Å². The Morgan fingerprint density at radius 3 is 2.36 bits per heavy atom. The largest absolute Gasteiger partial charge is 0.481 e. The fourth-order valence-electron chi connectivity index (χ4n) is 3.06. The number of aliphatic carboxylic acids is 1. The van der Waals surface area contributed by atoms with Gasteiger partial charge in [-0.05, 0) is 37.0 Å². The van der Waals surface area contributed by atoms with Gasteiger partial charge in [0.15, 0.2) is 9.84 Å². The summed E-state index contributed by atoms with van der Waals surface area (Å²) in [5, 5.41) is 12.0. The van der Waals surface area contributed by atoms with Crippen LogP contribution in [0.15, 0.2) is 29.2 Å². The molecule has 2 N–H and O–H groups in total. The average molecular weight is 368 g/mol. The van der Waals surface area contributed by atoms with E-state index in [0.29, 0.717) is 13.0 Å². The molecule has 0 spiro atoms. The fraction of sp³-hybridized carbons (Fsp3) is 0.529. The number of nitrogens with one attached hydrogen (secondary N) is 1. The van der Waals surface area contributed by atoms with Crippen molar-refractivity contribution in [2.45, 2.75) is 31.2 Å².